The number of guanidine groups is 1. The van der Waals surface area contributed by atoms with Crippen LogP contribution in [0.15, 0.2) is 34.6 Å². The van der Waals surface area contributed by atoms with E-state index in [1.807, 2.05) is 29.6 Å². The summed E-state index contributed by atoms with van der Waals surface area (Å²) in [6, 6.07) is 7.86. The number of thiazole rings is 1. The number of nitrogens with zero attached hydrogens (tertiary/aromatic N) is 2. The predicted molar refractivity (Wildman–Crippen MR) is 94.1 cm³/mol. The molecule has 0 amide bonds. The number of aromatic nitrogens is 1. The summed E-state index contributed by atoms with van der Waals surface area (Å²) in [5.41, 5.74) is 7.99. The van der Waals surface area contributed by atoms with Crippen LogP contribution in [0.25, 0.3) is 11.3 Å². The molecular weight excluding hydrogens is 296 g/mol. The van der Waals surface area contributed by atoms with E-state index in [4.69, 9.17) is 11.1 Å². The van der Waals surface area contributed by atoms with Gasteiger partial charge in [0.2, 0.25) is 0 Å². The van der Waals surface area contributed by atoms with Gasteiger partial charge in [-0.05, 0) is 18.6 Å². The molecule has 0 unspecified atom stereocenters. The second kappa shape index (κ2) is 8.14. The van der Waals surface area contributed by atoms with Crippen molar-refractivity contribution in [3.63, 3.8) is 0 Å². The normalized spacial score (nSPS) is 10.8. The maximum atomic E-state index is 7.21. The van der Waals surface area contributed by atoms with Gasteiger partial charge in [-0.25, -0.2) is 9.98 Å². The number of hydrogen-bond acceptors (Lipinski definition) is 4. The SMILES string of the molecule is CCCCN/C=N\c1cccc(-c2csc(NC(=N)N)n2)c1. The first kappa shape index (κ1) is 16.0. The Balaban J connectivity index is 2.04. The van der Waals surface area contributed by atoms with Crippen LogP contribution in [-0.2, 0) is 0 Å². The highest BCUT2D eigenvalue weighted by Gasteiger charge is 2.05. The molecule has 0 atom stereocenters. The molecule has 0 saturated carbocycles. The van der Waals surface area contributed by atoms with Crippen LogP contribution >= 0.6 is 11.3 Å². The molecule has 0 bridgehead atoms. The van der Waals surface area contributed by atoms with Gasteiger partial charge in [0, 0.05) is 17.5 Å². The van der Waals surface area contributed by atoms with Gasteiger partial charge in [0.15, 0.2) is 11.1 Å². The molecule has 1 heterocycles. The molecule has 1 aromatic carbocycles. The first-order chi connectivity index (χ1) is 10.7. The van der Waals surface area contributed by atoms with Crippen molar-refractivity contribution >= 4 is 34.5 Å². The molecule has 5 N–H and O–H groups in total. The average Bonchev–Trinajstić information content (AvgIpc) is 2.95. The highest BCUT2D eigenvalue weighted by molar-refractivity contribution is 7.14. The highest BCUT2D eigenvalue weighted by Crippen LogP contribution is 2.27. The summed E-state index contributed by atoms with van der Waals surface area (Å²) >= 11 is 1.41. The molecule has 116 valence electrons. The van der Waals surface area contributed by atoms with E-state index in [0.29, 0.717) is 5.13 Å². The molecule has 0 fully saturated rings. The van der Waals surface area contributed by atoms with Gasteiger partial charge < -0.3 is 16.4 Å². The highest BCUT2D eigenvalue weighted by atomic mass is 32.1. The molecule has 0 radical (unpaired) electrons. The summed E-state index contributed by atoms with van der Waals surface area (Å²) in [7, 11) is 0. The summed E-state index contributed by atoms with van der Waals surface area (Å²) < 4.78 is 0. The quantitative estimate of drug-likeness (QED) is 0.358. The minimum Gasteiger partial charge on any atom is -0.376 e. The number of hydrogen-bond donors (Lipinski definition) is 4. The van der Waals surface area contributed by atoms with Crippen molar-refractivity contribution in [2.75, 3.05) is 11.9 Å². The third kappa shape index (κ3) is 4.85. The van der Waals surface area contributed by atoms with Gasteiger partial charge in [0.05, 0.1) is 17.7 Å². The maximum absolute atomic E-state index is 7.21. The first-order valence-electron chi connectivity index (χ1n) is 7.12. The van der Waals surface area contributed by atoms with Crippen molar-refractivity contribution in [2.24, 2.45) is 10.7 Å². The molecular formula is C15H20N6S. The maximum Gasteiger partial charge on any atom is 0.192 e. The Hall–Kier alpha value is -2.41. The molecule has 0 saturated heterocycles. The summed E-state index contributed by atoms with van der Waals surface area (Å²) in [6.07, 6.45) is 4.03. The van der Waals surface area contributed by atoms with Crippen LogP contribution in [0.2, 0.25) is 0 Å². The molecule has 7 heteroatoms. The minimum absolute atomic E-state index is 0.114. The van der Waals surface area contributed by atoms with Crippen LogP contribution in [0.4, 0.5) is 10.8 Å². The molecule has 22 heavy (non-hydrogen) atoms. The number of nitrogens with two attached hydrogens (primary N) is 1. The number of nitrogens with one attached hydrogen (secondary N) is 3. The summed E-state index contributed by atoms with van der Waals surface area (Å²) in [5, 5.41) is 15.6. The number of anilines is 1. The van der Waals surface area contributed by atoms with E-state index in [0.717, 1.165) is 36.3 Å². The van der Waals surface area contributed by atoms with E-state index in [2.05, 4.69) is 27.5 Å². The van der Waals surface area contributed by atoms with Crippen molar-refractivity contribution in [2.45, 2.75) is 19.8 Å². The summed E-state index contributed by atoms with van der Waals surface area (Å²) in [5.74, 6) is -0.114. The summed E-state index contributed by atoms with van der Waals surface area (Å²) in [6.45, 7) is 3.09. The van der Waals surface area contributed by atoms with E-state index < -0.39 is 0 Å². The molecule has 0 spiro atoms. The van der Waals surface area contributed by atoms with Gasteiger partial charge in [0.1, 0.15) is 0 Å². The smallest absolute Gasteiger partial charge is 0.192 e. The Labute approximate surface area is 134 Å². The van der Waals surface area contributed by atoms with E-state index in [-0.39, 0.29) is 5.96 Å². The van der Waals surface area contributed by atoms with Crippen LogP contribution < -0.4 is 16.4 Å². The van der Waals surface area contributed by atoms with Crippen molar-refractivity contribution in [1.82, 2.24) is 10.3 Å². The molecule has 6 nitrogen and oxygen atoms in total. The lowest BCUT2D eigenvalue weighted by atomic mass is 10.1. The Morgan fingerprint density at radius 1 is 1.50 bits per heavy atom. The number of benzene rings is 1. The van der Waals surface area contributed by atoms with Crippen molar-refractivity contribution in [3.8, 4) is 11.3 Å². The second-order valence-corrected chi connectivity index (χ2v) is 5.55. The predicted octanol–water partition coefficient (Wildman–Crippen LogP) is 3.16. The largest absolute Gasteiger partial charge is 0.376 e. The van der Waals surface area contributed by atoms with Crippen molar-refractivity contribution in [1.29, 1.82) is 5.41 Å². The molecule has 1 aromatic heterocycles. The monoisotopic (exact) mass is 316 g/mol. The minimum atomic E-state index is -0.114. The van der Waals surface area contributed by atoms with Gasteiger partial charge in [-0.2, -0.15) is 0 Å². The molecule has 0 aliphatic rings. The zero-order chi connectivity index (χ0) is 15.8. The van der Waals surface area contributed by atoms with Crippen LogP contribution in [0.1, 0.15) is 19.8 Å². The van der Waals surface area contributed by atoms with E-state index in [9.17, 15) is 0 Å². The Bertz CT molecular complexity index is 649. The standard InChI is InChI=1S/C15H20N6S/c1-2-3-7-18-10-19-12-6-4-5-11(8-12)13-9-22-15(20-13)21-14(16)17/h4-6,8-10H,2-3,7H2,1H3,(H,18,19)(H4,16,17,20,21). The van der Waals surface area contributed by atoms with Gasteiger partial charge in [0.25, 0.3) is 0 Å². The zero-order valence-electron chi connectivity index (χ0n) is 12.5. The fraction of sp³-hybridized carbons (Fsp3) is 0.267. The number of aliphatic imine (C=N–C) groups is 1. The van der Waals surface area contributed by atoms with Crippen LogP contribution in [0, 0.1) is 5.41 Å². The number of rotatable bonds is 7. The zero-order valence-corrected chi connectivity index (χ0v) is 13.3. The lowest BCUT2D eigenvalue weighted by Gasteiger charge is -2.00. The lowest BCUT2D eigenvalue weighted by molar-refractivity contribution is 0.761. The van der Waals surface area contributed by atoms with Crippen molar-refractivity contribution < 1.29 is 0 Å². The van der Waals surface area contributed by atoms with Gasteiger partial charge in [-0.1, -0.05) is 25.5 Å². The molecule has 0 aliphatic heterocycles. The molecule has 2 aromatic rings. The second-order valence-electron chi connectivity index (χ2n) is 4.69. The Morgan fingerprint density at radius 2 is 2.36 bits per heavy atom. The van der Waals surface area contributed by atoms with E-state index in [1.54, 1.807) is 6.34 Å². The van der Waals surface area contributed by atoms with Gasteiger partial charge in [-0.3, -0.25) is 5.41 Å². The Morgan fingerprint density at radius 3 is 3.14 bits per heavy atom. The van der Waals surface area contributed by atoms with Crippen LogP contribution in [0.5, 0.6) is 0 Å². The average molecular weight is 316 g/mol. The fourth-order valence-electron chi connectivity index (χ4n) is 1.79. The Kier molecular flexibility index (Phi) is 5.91. The first-order valence-corrected chi connectivity index (χ1v) is 8.00. The topological polar surface area (TPSA) is 99.2 Å². The third-order valence-electron chi connectivity index (χ3n) is 2.87. The van der Waals surface area contributed by atoms with E-state index in [1.165, 1.54) is 11.3 Å². The number of unbranched alkanes of at least 4 members (excludes halogenated alkanes) is 1. The van der Waals surface area contributed by atoms with Crippen molar-refractivity contribution in [3.05, 3.63) is 29.6 Å². The third-order valence-corrected chi connectivity index (χ3v) is 3.63. The van der Waals surface area contributed by atoms with E-state index >= 15 is 0 Å². The lowest BCUT2D eigenvalue weighted by Crippen LogP contribution is -2.20. The molecule has 0 aliphatic carbocycles. The van der Waals surface area contributed by atoms with Crippen LogP contribution in [0.3, 0.4) is 0 Å². The molecule has 2 rings (SSSR count). The van der Waals surface area contributed by atoms with Gasteiger partial charge >= 0.3 is 0 Å². The van der Waals surface area contributed by atoms with Crippen LogP contribution in [-0.4, -0.2) is 23.8 Å². The summed E-state index contributed by atoms with van der Waals surface area (Å²) in [4.78, 5) is 8.79. The fourth-order valence-corrected chi connectivity index (χ4v) is 2.52. The van der Waals surface area contributed by atoms with Gasteiger partial charge in [-0.15, -0.1) is 11.3 Å².